The van der Waals surface area contributed by atoms with Crippen LogP contribution in [-0.2, 0) is 16.1 Å². The van der Waals surface area contributed by atoms with Crippen LogP contribution < -0.4 is 5.69 Å². The number of ether oxygens (including phenoxy) is 1. The van der Waals surface area contributed by atoms with Gasteiger partial charge in [0.15, 0.2) is 5.82 Å². The Morgan fingerprint density at radius 1 is 1.43 bits per heavy atom. The van der Waals surface area contributed by atoms with E-state index in [1.807, 2.05) is 0 Å². The molecule has 0 unspecified atom stereocenters. The number of carbonyl (C=O) groups is 1. The van der Waals surface area contributed by atoms with E-state index >= 15 is 0 Å². The zero-order valence-corrected chi connectivity index (χ0v) is 11.8. The molecule has 0 aliphatic heterocycles. The Morgan fingerprint density at radius 3 is 2.81 bits per heavy atom. The topological polar surface area (TPSA) is 91.4 Å². The fourth-order valence-electron chi connectivity index (χ4n) is 1.65. The minimum Gasteiger partial charge on any atom is -0.465 e. The lowest BCUT2D eigenvalue weighted by atomic mass is 10.3. The van der Waals surface area contributed by atoms with Gasteiger partial charge < -0.3 is 4.74 Å². The molecular formula is C13H15N5O3. The molecule has 2 heterocycles. The number of esters is 1. The molecule has 8 nitrogen and oxygen atoms in total. The molecule has 0 amide bonds. The van der Waals surface area contributed by atoms with Crippen LogP contribution in [0.4, 0.5) is 0 Å². The summed E-state index contributed by atoms with van der Waals surface area (Å²) in [6, 6.07) is 3.51. The maximum Gasteiger partial charge on any atom is 0.367 e. The van der Waals surface area contributed by atoms with Gasteiger partial charge >= 0.3 is 11.7 Å². The quantitative estimate of drug-likeness (QED) is 0.579. The zero-order chi connectivity index (χ0) is 15.2. The number of nitrogens with zero attached hydrogens (tertiary/aromatic N) is 5. The monoisotopic (exact) mass is 289 g/mol. The summed E-state index contributed by atoms with van der Waals surface area (Å²) in [5.41, 5.74) is 0.306. The van der Waals surface area contributed by atoms with Crippen molar-refractivity contribution in [3.05, 3.63) is 46.4 Å². The van der Waals surface area contributed by atoms with Crippen LogP contribution in [0.25, 0.3) is 0 Å². The SMILES string of the molecule is CCOC(=O)Cn1nc(C)n(/N=C/c2ccncc2)c1=O. The van der Waals surface area contributed by atoms with Crippen LogP contribution in [0.2, 0.25) is 0 Å². The van der Waals surface area contributed by atoms with Crippen LogP contribution in [-0.4, -0.2) is 38.2 Å². The Labute approximate surface area is 120 Å². The molecule has 110 valence electrons. The maximum absolute atomic E-state index is 12.1. The summed E-state index contributed by atoms with van der Waals surface area (Å²) >= 11 is 0. The van der Waals surface area contributed by atoms with Crippen molar-refractivity contribution in [3.63, 3.8) is 0 Å². The van der Waals surface area contributed by atoms with E-state index in [4.69, 9.17) is 4.74 Å². The Balaban J connectivity index is 2.22. The highest BCUT2D eigenvalue weighted by molar-refractivity contribution is 5.79. The molecule has 2 aromatic heterocycles. The third-order valence-corrected chi connectivity index (χ3v) is 2.59. The molecule has 2 rings (SSSR count). The number of rotatable bonds is 5. The van der Waals surface area contributed by atoms with E-state index < -0.39 is 11.7 Å². The van der Waals surface area contributed by atoms with Crippen molar-refractivity contribution in [1.82, 2.24) is 19.4 Å². The van der Waals surface area contributed by atoms with Crippen molar-refractivity contribution in [2.24, 2.45) is 5.10 Å². The molecule has 2 aromatic rings. The predicted octanol–water partition coefficient (Wildman–Crippen LogP) is 0.194. The molecule has 0 spiro atoms. The van der Waals surface area contributed by atoms with E-state index in [1.54, 1.807) is 38.4 Å². The van der Waals surface area contributed by atoms with Gasteiger partial charge in [-0.25, -0.2) is 9.48 Å². The van der Waals surface area contributed by atoms with Crippen LogP contribution >= 0.6 is 0 Å². The molecule has 21 heavy (non-hydrogen) atoms. The van der Waals surface area contributed by atoms with Crippen molar-refractivity contribution in [1.29, 1.82) is 0 Å². The summed E-state index contributed by atoms with van der Waals surface area (Å²) in [7, 11) is 0. The first kappa shape index (κ1) is 14.6. The first-order chi connectivity index (χ1) is 10.1. The summed E-state index contributed by atoms with van der Waals surface area (Å²) in [5.74, 6) is -0.128. The van der Waals surface area contributed by atoms with Crippen LogP contribution in [0, 0.1) is 6.92 Å². The van der Waals surface area contributed by atoms with Gasteiger partial charge in [0.05, 0.1) is 12.8 Å². The van der Waals surface area contributed by atoms with Crippen molar-refractivity contribution in [3.8, 4) is 0 Å². The Kier molecular flexibility index (Phi) is 4.60. The molecule has 0 bridgehead atoms. The maximum atomic E-state index is 12.1. The molecule has 0 saturated carbocycles. The number of aryl methyl sites for hydroxylation is 1. The number of hydrogen-bond donors (Lipinski definition) is 0. The summed E-state index contributed by atoms with van der Waals surface area (Å²) in [5, 5.41) is 8.05. The highest BCUT2D eigenvalue weighted by Crippen LogP contribution is 1.94. The molecule has 0 aromatic carbocycles. The largest absolute Gasteiger partial charge is 0.465 e. The molecule has 0 aliphatic rings. The third-order valence-electron chi connectivity index (χ3n) is 2.59. The minimum absolute atomic E-state index is 0.231. The van der Waals surface area contributed by atoms with Crippen molar-refractivity contribution in [2.75, 3.05) is 6.61 Å². The van der Waals surface area contributed by atoms with E-state index in [2.05, 4.69) is 15.2 Å². The second-order valence-corrected chi connectivity index (χ2v) is 4.13. The lowest BCUT2D eigenvalue weighted by molar-refractivity contribution is -0.144. The zero-order valence-electron chi connectivity index (χ0n) is 11.8. The summed E-state index contributed by atoms with van der Waals surface area (Å²) in [6.45, 7) is 3.36. The standard InChI is InChI=1S/C13H15N5O3/c1-3-21-12(19)9-17-13(20)18(10(2)16-17)15-8-11-4-6-14-7-5-11/h4-8H,3,9H2,1-2H3/b15-8+. The number of pyridine rings is 1. The van der Waals surface area contributed by atoms with E-state index in [0.717, 1.165) is 14.9 Å². The van der Waals surface area contributed by atoms with Gasteiger partial charge in [-0.05, 0) is 31.5 Å². The lowest BCUT2D eigenvalue weighted by Gasteiger charge is -1.99. The minimum atomic E-state index is -0.512. The summed E-state index contributed by atoms with van der Waals surface area (Å²) in [6.07, 6.45) is 4.77. The van der Waals surface area contributed by atoms with Crippen molar-refractivity contribution >= 4 is 12.2 Å². The Bertz CT molecular complexity index is 702. The number of carbonyl (C=O) groups excluding carboxylic acids is 1. The average Bonchev–Trinajstić information content (AvgIpc) is 2.73. The highest BCUT2D eigenvalue weighted by atomic mass is 16.5. The molecule has 0 atom stereocenters. The van der Waals surface area contributed by atoms with E-state index in [0.29, 0.717) is 5.82 Å². The second-order valence-electron chi connectivity index (χ2n) is 4.13. The first-order valence-electron chi connectivity index (χ1n) is 6.38. The molecule has 0 saturated heterocycles. The first-order valence-corrected chi connectivity index (χ1v) is 6.38. The van der Waals surface area contributed by atoms with E-state index in [1.165, 1.54) is 6.21 Å². The van der Waals surface area contributed by atoms with Gasteiger partial charge in [0, 0.05) is 12.4 Å². The summed E-state index contributed by atoms with van der Waals surface area (Å²) < 4.78 is 6.94. The van der Waals surface area contributed by atoms with Crippen LogP contribution in [0.3, 0.4) is 0 Å². The predicted molar refractivity (Wildman–Crippen MR) is 75.1 cm³/mol. The lowest BCUT2D eigenvalue weighted by Crippen LogP contribution is -2.27. The van der Waals surface area contributed by atoms with Gasteiger partial charge in [-0.1, -0.05) is 0 Å². The normalized spacial score (nSPS) is 11.0. The fourth-order valence-corrected chi connectivity index (χ4v) is 1.65. The molecule has 0 N–H and O–H groups in total. The molecule has 0 aliphatic carbocycles. The molecule has 0 fully saturated rings. The van der Waals surface area contributed by atoms with Crippen LogP contribution in [0.15, 0.2) is 34.4 Å². The Morgan fingerprint density at radius 2 is 2.14 bits per heavy atom. The average molecular weight is 289 g/mol. The number of hydrogen-bond acceptors (Lipinski definition) is 6. The fraction of sp³-hybridized carbons (Fsp3) is 0.308. The third kappa shape index (κ3) is 3.62. The van der Waals surface area contributed by atoms with E-state index in [9.17, 15) is 9.59 Å². The van der Waals surface area contributed by atoms with Gasteiger partial charge in [0.1, 0.15) is 6.54 Å². The molecular weight excluding hydrogens is 274 g/mol. The summed E-state index contributed by atoms with van der Waals surface area (Å²) in [4.78, 5) is 27.4. The smallest absolute Gasteiger partial charge is 0.367 e. The molecule has 8 heteroatoms. The van der Waals surface area contributed by atoms with Gasteiger partial charge in [-0.3, -0.25) is 9.78 Å². The van der Waals surface area contributed by atoms with Crippen LogP contribution in [0.1, 0.15) is 18.3 Å². The molecule has 0 radical (unpaired) electrons. The van der Waals surface area contributed by atoms with Gasteiger partial charge in [-0.2, -0.15) is 14.9 Å². The van der Waals surface area contributed by atoms with E-state index in [-0.39, 0.29) is 13.2 Å². The highest BCUT2D eigenvalue weighted by Gasteiger charge is 2.12. The van der Waals surface area contributed by atoms with Crippen molar-refractivity contribution < 1.29 is 9.53 Å². The van der Waals surface area contributed by atoms with Gasteiger partial charge in [0.2, 0.25) is 0 Å². The van der Waals surface area contributed by atoms with Crippen molar-refractivity contribution in [2.45, 2.75) is 20.4 Å². The van der Waals surface area contributed by atoms with Gasteiger partial charge in [-0.15, -0.1) is 0 Å². The number of aromatic nitrogens is 4. The second kappa shape index (κ2) is 6.60. The van der Waals surface area contributed by atoms with Gasteiger partial charge in [0.25, 0.3) is 0 Å². The van der Waals surface area contributed by atoms with Crippen LogP contribution in [0.5, 0.6) is 0 Å². The Hall–Kier alpha value is -2.77.